The molecule has 0 saturated heterocycles. The molecule has 2 nitrogen and oxygen atoms in total. The lowest BCUT2D eigenvalue weighted by molar-refractivity contribution is 0.489. The van der Waals surface area contributed by atoms with Gasteiger partial charge in [0.05, 0.1) is 0 Å². The highest BCUT2D eigenvalue weighted by atomic mass is 32.2. The van der Waals surface area contributed by atoms with Crippen molar-refractivity contribution in [2.75, 3.05) is 12.4 Å². The third kappa shape index (κ3) is 2.87. The maximum absolute atomic E-state index is 11.6. The zero-order chi connectivity index (χ0) is 10.1. The Kier molecular flexibility index (Phi) is 3.67. The molecule has 1 unspecified atom stereocenters. The molecule has 0 spiro atoms. The first-order chi connectivity index (χ1) is 5.93. The van der Waals surface area contributed by atoms with Crippen molar-refractivity contribution in [3.8, 4) is 0 Å². The molecule has 1 rings (SSSR count). The van der Waals surface area contributed by atoms with Crippen molar-refractivity contribution < 1.29 is 9.46 Å². The molecule has 1 N–H and O–H groups in total. The molecule has 13 heavy (non-hydrogen) atoms. The van der Waals surface area contributed by atoms with E-state index in [4.69, 9.17) is 0 Å². The van der Waals surface area contributed by atoms with E-state index in [2.05, 4.69) is 13.8 Å². The number of rotatable bonds is 2. The minimum Gasteiger partial charge on any atom is -0.341 e. The fourth-order valence-corrected chi connectivity index (χ4v) is 4.59. The SMILES string of the molecule is CC(C)C1=C(P(C)(=O)O)CCCS1. The molecular weight excluding hydrogens is 203 g/mol. The van der Waals surface area contributed by atoms with Crippen LogP contribution in [0.25, 0.3) is 0 Å². The summed E-state index contributed by atoms with van der Waals surface area (Å²) in [6.07, 6.45) is 1.85. The highest BCUT2D eigenvalue weighted by Gasteiger charge is 2.26. The van der Waals surface area contributed by atoms with Crippen molar-refractivity contribution in [1.29, 1.82) is 0 Å². The van der Waals surface area contributed by atoms with E-state index in [1.54, 1.807) is 11.8 Å². The topological polar surface area (TPSA) is 37.3 Å². The summed E-state index contributed by atoms with van der Waals surface area (Å²) < 4.78 is 11.6. The fraction of sp³-hybridized carbons (Fsp3) is 0.778. The Morgan fingerprint density at radius 2 is 2.15 bits per heavy atom. The predicted molar refractivity (Wildman–Crippen MR) is 59.3 cm³/mol. The highest BCUT2D eigenvalue weighted by Crippen LogP contribution is 2.54. The predicted octanol–water partition coefficient (Wildman–Crippen LogP) is 3.28. The van der Waals surface area contributed by atoms with E-state index in [0.717, 1.165) is 28.8 Å². The molecular formula is C9H17O2PS. The lowest BCUT2D eigenvalue weighted by atomic mass is 10.1. The van der Waals surface area contributed by atoms with Crippen LogP contribution in [-0.4, -0.2) is 17.3 Å². The van der Waals surface area contributed by atoms with Gasteiger partial charge >= 0.3 is 0 Å². The molecule has 4 heteroatoms. The van der Waals surface area contributed by atoms with Gasteiger partial charge in [-0.2, -0.15) is 0 Å². The van der Waals surface area contributed by atoms with Crippen molar-refractivity contribution in [3.05, 3.63) is 10.2 Å². The van der Waals surface area contributed by atoms with Crippen molar-refractivity contribution in [3.63, 3.8) is 0 Å². The van der Waals surface area contributed by atoms with Gasteiger partial charge in [0.2, 0.25) is 7.37 Å². The van der Waals surface area contributed by atoms with Crippen LogP contribution in [-0.2, 0) is 4.57 Å². The molecule has 0 radical (unpaired) electrons. The Hall–Kier alpha value is 0.280. The Bertz CT molecular complexity index is 265. The van der Waals surface area contributed by atoms with Crippen molar-refractivity contribution >= 4 is 19.1 Å². The van der Waals surface area contributed by atoms with Gasteiger partial charge in [-0.05, 0) is 29.4 Å². The molecule has 1 aliphatic heterocycles. The first kappa shape index (κ1) is 11.4. The van der Waals surface area contributed by atoms with Gasteiger partial charge in [-0.15, -0.1) is 11.8 Å². The van der Waals surface area contributed by atoms with Crippen LogP contribution >= 0.6 is 19.1 Å². The van der Waals surface area contributed by atoms with Crippen LogP contribution < -0.4 is 0 Å². The van der Waals surface area contributed by atoms with Gasteiger partial charge < -0.3 is 4.89 Å². The minimum absolute atomic E-state index is 0.390. The maximum atomic E-state index is 11.6. The van der Waals surface area contributed by atoms with Crippen LogP contribution in [0.5, 0.6) is 0 Å². The molecule has 0 saturated carbocycles. The van der Waals surface area contributed by atoms with E-state index in [1.165, 1.54) is 6.66 Å². The quantitative estimate of drug-likeness (QED) is 0.725. The zero-order valence-corrected chi connectivity index (χ0v) is 10.1. The van der Waals surface area contributed by atoms with Gasteiger partial charge in [-0.25, -0.2) is 0 Å². The number of allylic oxidation sites excluding steroid dienone is 2. The third-order valence-corrected chi connectivity index (χ3v) is 5.26. The molecule has 0 aromatic carbocycles. The van der Waals surface area contributed by atoms with Crippen LogP contribution in [0.2, 0.25) is 0 Å². The van der Waals surface area contributed by atoms with Gasteiger partial charge in [0, 0.05) is 12.0 Å². The molecule has 0 amide bonds. The van der Waals surface area contributed by atoms with Crippen molar-refractivity contribution in [1.82, 2.24) is 0 Å². The van der Waals surface area contributed by atoms with Crippen molar-refractivity contribution in [2.24, 2.45) is 5.92 Å². The summed E-state index contributed by atoms with van der Waals surface area (Å²) in [5.74, 6) is 1.48. The summed E-state index contributed by atoms with van der Waals surface area (Å²) >= 11 is 1.75. The van der Waals surface area contributed by atoms with E-state index in [1.807, 2.05) is 0 Å². The van der Waals surface area contributed by atoms with Crippen molar-refractivity contribution in [2.45, 2.75) is 26.7 Å². The number of hydrogen-bond donors (Lipinski definition) is 1. The second-order valence-electron chi connectivity index (χ2n) is 3.80. The summed E-state index contributed by atoms with van der Waals surface area (Å²) in [6.45, 7) is 5.63. The Morgan fingerprint density at radius 1 is 1.54 bits per heavy atom. The van der Waals surface area contributed by atoms with Crippen LogP contribution in [0, 0.1) is 5.92 Å². The molecule has 0 aromatic heterocycles. The van der Waals surface area contributed by atoms with Crippen LogP contribution in [0.3, 0.4) is 0 Å². The van der Waals surface area contributed by atoms with Gasteiger partial charge in [0.15, 0.2) is 0 Å². The largest absolute Gasteiger partial charge is 0.341 e. The number of hydrogen-bond acceptors (Lipinski definition) is 2. The second kappa shape index (κ2) is 4.20. The van der Waals surface area contributed by atoms with Gasteiger partial charge in [-0.3, -0.25) is 4.57 Å². The molecule has 0 bridgehead atoms. The first-order valence-corrected chi connectivity index (χ1v) is 7.69. The Labute approximate surface area is 84.3 Å². The Morgan fingerprint density at radius 3 is 2.54 bits per heavy atom. The lowest BCUT2D eigenvalue weighted by Gasteiger charge is -2.23. The molecule has 0 aliphatic carbocycles. The third-order valence-electron chi connectivity index (χ3n) is 2.13. The monoisotopic (exact) mass is 220 g/mol. The second-order valence-corrected chi connectivity index (χ2v) is 7.23. The molecule has 0 aromatic rings. The van der Waals surface area contributed by atoms with Crippen LogP contribution in [0.15, 0.2) is 10.2 Å². The van der Waals surface area contributed by atoms with Crippen LogP contribution in [0.4, 0.5) is 0 Å². The van der Waals surface area contributed by atoms with Gasteiger partial charge in [-0.1, -0.05) is 13.8 Å². The fourth-order valence-electron chi connectivity index (χ4n) is 1.54. The first-order valence-electron chi connectivity index (χ1n) is 4.59. The molecule has 76 valence electrons. The highest BCUT2D eigenvalue weighted by molar-refractivity contribution is 8.03. The molecule has 1 heterocycles. The normalized spacial score (nSPS) is 23.5. The summed E-state index contributed by atoms with van der Waals surface area (Å²) in [4.78, 5) is 10.7. The summed E-state index contributed by atoms with van der Waals surface area (Å²) in [7, 11) is -2.99. The van der Waals surface area contributed by atoms with Gasteiger partial charge in [0.25, 0.3) is 0 Å². The van der Waals surface area contributed by atoms with E-state index in [0.29, 0.717) is 5.92 Å². The van der Waals surface area contributed by atoms with E-state index in [-0.39, 0.29) is 0 Å². The van der Waals surface area contributed by atoms with E-state index < -0.39 is 7.37 Å². The Balaban J connectivity index is 3.04. The van der Waals surface area contributed by atoms with Crippen LogP contribution in [0.1, 0.15) is 26.7 Å². The number of thioether (sulfide) groups is 1. The summed E-state index contributed by atoms with van der Waals surface area (Å²) in [5.41, 5.74) is 0. The average Bonchev–Trinajstić information content (AvgIpc) is 2.03. The van der Waals surface area contributed by atoms with E-state index in [9.17, 15) is 9.46 Å². The summed E-state index contributed by atoms with van der Waals surface area (Å²) in [6, 6.07) is 0. The average molecular weight is 220 g/mol. The maximum Gasteiger partial charge on any atom is 0.223 e. The lowest BCUT2D eigenvalue weighted by Crippen LogP contribution is -2.04. The van der Waals surface area contributed by atoms with Gasteiger partial charge in [0.1, 0.15) is 0 Å². The standard InChI is InChI=1S/C9H17O2PS/c1-7(2)9-8(12(3,10)11)5-4-6-13-9/h7H,4-6H2,1-3H3,(H,10,11). The summed E-state index contributed by atoms with van der Waals surface area (Å²) in [5, 5.41) is 0.818. The molecule has 1 atom stereocenters. The zero-order valence-electron chi connectivity index (χ0n) is 8.41. The van der Waals surface area contributed by atoms with E-state index >= 15 is 0 Å². The smallest absolute Gasteiger partial charge is 0.223 e. The molecule has 1 aliphatic rings. The molecule has 0 fully saturated rings. The minimum atomic E-state index is -2.99.